The summed E-state index contributed by atoms with van der Waals surface area (Å²) in [5.74, 6) is -0.290. The fraction of sp³-hybridized carbons (Fsp3) is 0.375. The fourth-order valence-electron chi connectivity index (χ4n) is 0.752. The van der Waals surface area contributed by atoms with Gasteiger partial charge in [0.25, 0.3) is 5.91 Å². The molecule has 0 aliphatic rings. The van der Waals surface area contributed by atoms with Gasteiger partial charge in [-0.25, -0.2) is 4.63 Å². The number of nitrogens with one attached hydrogen (secondary N) is 1. The Hall–Kier alpha value is -1.65. The number of nitrogens with zero attached hydrogens (tertiary/aromatic N) is 2. The SMILES string of the molecule is C=C(C)CNC(=O)c1nonc1C. The molecule has 0 radical (unpaired) electrons. The lowest BCUT2D eigenvalue weighted by molar-refractivity contribution is 0.0947. The van der Waals surface area contributed by atoms with Crippen LogP contribution in [-0.2, 0) is 0 Å². The molecule has 0 aliphatic carbocycles. The molecule has 1 aromatic heterocycles. The van der Waals surface area contributed by atoms with Crippen LogP contribution in [0.1, 0.15) is 23.1 Å². The van der Waals surface area contributed by atoms with Gasteiger partial charge in [-0.1, -0.05) is 17.3 Å². The van der Waals surface area contributed by atoms with Crippen LogP contribution >= 0.6 is 0 Å². The second kappa shape index (κ2) is 3.84. The van der Waals surface area contributed by atoms with Gasteiger partial charge in [0.15, 0.2) is 5.69 Å². The zero-order valence-corrected chi connectivity index (χ0v) is 7.63. The number of rotatable bonds is 3. The van der Waals surface area contributed by atoms with E-state index in [1.54, 1.807) is 6.92 Å². The zero-order chi connectivity index (χ0) is 9.84. The van der Waals surface area contributed by atoms with Crippen LogP contribution in [0, 0.1) is 6.92 Å². The molecular weight excluding hydrogens is 170 g/mol. The normalized spacial score (nSPS) is 9.69. The summed E-state index contributed by atoms with van der Waals surface area (Å²) in [5, 5.41) is 9.59. The van der Waals surface area contributed by atoms with Crippen molar-refractivity contribution in [1.29, 1.82) is 0 Å². The molecule has 5 heteroatoms. The molecule has 1 rings (SSSR count). The monoisotopic (exact) mass is 181 g/mol. The second-order valence-corrected chi connectivity index (χ2v) is 2.84. The first-order chi connectivity index (χ1) is 6.11. The van der Waals surface area contributed by atoms with Crippen molar-refractivity contribution in [3.8, 4) is 0 Å². The molecule has 0 aliphatic heterocycles. The maximum Gasteiger partial charge on any atom is 0.275 e. The third-order valence-corrected chi connectivity index (χ3v) is 1.42. The third-order valence-electron chi connectivity index (χ3n) is 1.42. The molecule has 0 atom stereocenters. The Labute approximate surface area is 75.8 Å². The Kier molecular flexibility index (Phi) is 2.79. The summed E-state index contributed by atoms with van der Waals surface area (Å²) in [6, 6.07) is 0. The van der Waals surface area contributed by atoms with Crippen LogP contribution in [0.15, 0.2) is 16.8 Å². The highest BCUT2D eigenvalue weighted by Gasteiger charge is 2.13. The van der Waals surface area contributed by atoms with Crippen LogP contribution < -0.4 is 5.32 Å². The summed E-state index contributed by atoms with van der Waals surface area (Å²) < 4.78 is 4.39. The molecule has 1 amide bonds. The first kappa shape index (κ1) is 9.44. The molecule has 0 spiro atoms. The van der Waals surface area contributed by atoms with Crippen LogP contribution in [0.3, 0.4) is 0 Å². The molecule has 0 saturated heterocycles. The number of carbonyl (C=O) groups excluding carboxylic acids is 1. The van der Waals surface area contributed by atoms with E-state index >= 15 is 0 Å². The summed E-state index contributed by atoms with van der Waals surface area (Å²) in [7, 11) is 0. The molecule has 0 aromatic carbocycles. The number of amides is 1. The van der Waals surface area contributed by atoms with Crippen molar-refractivity contribution in [2.45, 2.75) is 13.8 Å². The van der Waals surface area contributed by atoms with Crippen LogP contribution in [0.5, 0.6) is 0 Å². The van der Waals surface area contributed by atoms with E-state index in [0.29, 0.717) is 12.2 Å². The minimum absolute atomic E-state index is 0.223. The van der Waals surface area contributed by atoms with Gasteiger partial charge in [0.05, 0.1) is 0 Å². The molecule has 13 heavy (non-hydrogen) atoms. The largest absolute Gasteiger partial charge is 0.347 e. The molecule has 1 heterocycles. The minimum atomic E-state index is -0.290. The predicted molar refractivity (Wildman–Crippen MR) is 46.2 cm³/mol. The smallest absolute Gasteiger partial charge is 0.275 e. The van der Waals surface area contributed by atoms with Crippen molar-refractivity contribution in [3.63, 3.8) is 0 Å². The van der Waals surface area contributed by atoms with E-state index in [4.69, 9.17) is 0 Å². The summed E-state index contributed by atoms with van der Waals surface area (Å²) in [5.41, 5.74) is 1.59. The van der Waals surface area contributed by atoms with Crippen molar-refractivity contribution < 1.29 is 9.42 Å². The van der Waals surface area contributed by atoms with E-state index < -0.39 is 0 Å². The van der Waals surface area contributed by atoms with E-state index in [9.17, 15) is 4.79 Å². The van der Waals surface area contributed by atoms with Crippen LogP contribution in [-0.4, -0.2) is 22.8 Å². The van der Waals surface area contributed by atoms with Gasteiger partial charge in [-0.2, -0.15) is 0 Å². The van der Waals surface area contributed by atoms with Crippen LogP contribution in [0.4, 0.5) is 0 Å². The van der Waals surface area contributed by atoms with Gasteiger partial charge >= 0.3 is 0 Å². The summed E-state index contributed by atoms with van der Waals surface area (Å²) in [6.45, 7) is 7.58. The maximum absolute atomic E-state index is 11.3. The number of carbonyl (C=O) groups is 1. The van der Waals surface area contributed by atoms with Crippen molar-refractivity contribution >= 4 is 5.91 Å². The summed E-state index contributed by atoms with van der Waals surface area (Å²) >= 11 is 0. The molecule has 0 saturated carbocycles. The average molecular weight is 181 g/mol. The molecule has 5 nitrogen and oxygen atoms in total. The lowest BCUT2D eigenvalue weighted by Gasteiger charge is -2.00. The van der Waals surface area contributed by atoms with Crippen molar-refractivity contribution in [2.24, 2.45) is 0 Å². The molecule has 0 unspecified atom stereocenters. The van der Waals surface area contributed by atoms with Gasteiger partial charge in [-0.3, -0.25) is 4.79 Å². The van der Waals surface area contributed by atoms with Gasteiger partial charge in [0.2, 0.25) is 0 Å². The highest BCUT2D eigenvalue weighted by Crippen LogP contribution is 1.99. The number of aryl methyl sites for hydroxylation is 1. The summed E-state index contributed by atoms with van der Waals surface area (Å²) in [4.78, 5) is 11.3. The predicted octanol–water partition coefficient (Wildman–Crippen LogP) is 0.684. The van der Waals surface area contributed by atoms with E-state index in [-0.39, 0.29) is 11.6 Å². The second-order valence-electron chi connectivity index (χ2n) is 2.84. The van der Waals surface area contributed by atoms with E-state index in [1.165, 1.54) is 0 Å². The number of hydrogen-bond donors (Lipinski definition) is 1. The first-order valence-electron chi connectivity index (χ1n) is 3.83. The summed E-state index contributed by atoms with van der Waals surface area (Å²) in [6.07, 6.45) is 0. The number of aromatic nitrogens is 2. The Morgan fingerprint density at radius 3 is 2.77 bits per heavy atom. The Morgan fingerprint density at radius 1 is 1.62 bits per heavy atom. The fourth-order valence-corrected chi connectivity index (χ4v) is 0.752. The molecule has 70 valence electrons. The van der Waals surface area contributed by atoms with Crippen LogP contribution in [0.2, 0.25) is 0 Å². The van der Waals surface area contributed by atoms with Crippen LogP contribution in [0.25, 0.3) is 0 Å². The first-order valence-corrected chi connectivity index (χ1v) is 3.83. The van der Waals surface area contributed by atoms with Gasteiger partial charge in [0, 0.05) is 6.54 Å². The number of hydrogen-bond acceptors (Lipinski definition) is 4. The van der Waals surface area contributed by atoms with E-state index in [1.807, 2.05) is 6.92 Å². The van der Waals surface area contributed by atoms with E-state index in [2.05, 4.69) is 26.8 Å². The highest BCUT2D eigenvalue weighted by molar-refractivity contribution is 5.93. The quantitative estimate of drug-likeness (QED) is 0.696. The molecular formula is C8H11N3O2. The van der Waals surface area contributed by atoms with Crippen molar-refractivity contribution in [3.05, 3.63) is 23.5 Å². The average Bonchev–Trinajstić information content (AvgIpc) is 2.47. The van der Waals surface area contributed by atoms with Gasteiger partial charge in [0.1, 0.15) is 5.69 Å². The Bertz CT molecular complexity index is 330. The standard InChI is InChI=1S/C8H11N3O2/c1-5(2)4-9-8(12)7-6(3)10-13-11-7/h1,4H2,2-3H3,(H,9,12). The maximum atomic E-state index is 11.3. The molecule has 0 fully saturated rings. The molecule has 1 N–H and O–H groups in total. The van der Waals surface area contributed by atoms with Gasteiger partial charge in [-0.05, 0) is 19.0 Å². The lowest BCUT2D eigenvalue weighted by Crippen LogP contribution is -2.25. The Balaban J connectivity index is 2.59. The minimum Gasteiger partial charge on any atom is -0.347 e. The van der Waals surface area contributed by atoms with E-state index in [0.717, 1.165) is 5.57 Å². The van der Waals surface area contributed by atoms with Gasteiger partial charge in [-0.15, -0.1) is 0 Å². The van der Waals surface area contributed by atoms with Gasteiger partial charge < -0.3 is 5.32 Å². The van der Waals surface area contributed by atoms with Crippen molar-refractivity contribution in [2.75, 3.05) is 6.54 Å². The topological polar surface area (TPSA) is 68.0 Å². The highest BCUT2D eigenvalue weighted by atomic mass is 16.6. The Morgan fingerprint density at radius 2 is 2.31 bits per heavy atom. The van der Waals surface area contributed by atoms with Crippen molar-refractivity contribution in [1.82, 2.24) is 15.6 Å². The zero-order valence-electron chi connectivity index (χ0n) is 7.63. The molecule has 0 bridgehead atoms. The molecule has 1 aromatic rings. The third kappa shape index (κ3) is 2.40. The lowest BCUT2D eigenvalue weighted by atomic mass is 10.3.